The standard InChI is InChI=1S/C22H22N4O3/c27-22(24-11-9-18-15-28-19-5-1-2-6-20(19)29-18)17-7-8-21(26-14-17)25-13-16-4-3-10-23-12-16/h1-8,10,12,14,18H,9,11,13,15H2,(H,24,27)(H,25,26)/t18-/m1/s1. The number of carbonyl (C=O) groups is 1. The summed E-state index contributed by atoms with van der Waals surface area (Å²) >= 11 is 0. The predicted octanol–water partition coefficient (Wildman–Crippen LogP) is 3.05. The molecule has 1 amide bonds. The maximum atomic E-state index is 12.3. The molecule has 0 bridgehead atoms. The summed E-state index contributed by atoms with van der Waals surface area (Å²) in [7, 11) is 0. The highest BCUT2D eigenvalue weighted by Crippen LogP contribution is 2.31. The van der Waals surface area contributed by atoms with Gasteiger partial charge in [0.2, 0.25) is 0 Å². The Morgan fingerprint density at radius 2 is 1.97 bits per heavy atom. The highest BCUT2D eigenvalue weighted by Gasteiger charge is 2.20. The molecule has 2 aromatic heterocycles. The van der Waals surface area contributed by atoms with Crippen LogP contribution in [0.1, 0.15) is 22.3 Å². The lowest BCUT2D eigenvalue weighted by Crippen LogP contribution is -2.34. The van der Waals surface area contributed by atoms with Crippen LogP contribution in [0.4, 0.5) is 5.82 Å². The Labute approximate surface area is 169 Å². The van der Waals surface area contributed by atoms with Crippen molar-refractivity contribution in [2.75, 3.05) is 18.5 Å². The molecule has 2 N–H and O–H groups in total. The quantitative estimate of drug-likeness (QED) is 0.645. The Kier molecular flexibility index (Phi) is 5.85. The van der Waals surface area contributed by atoms with Gasteiger partial charge in [0.15, 0.2) is 11.5 Å². The number of nitrogens with one attached hydrogen (secondary N) is 2. The van der Waals surface area contributed by atoms with E-state index in [-0.39, 0.29) is 12.0 Å². The molecule has 0 saturated heterocycles. The number of hydrogen-bond acceptors (Lipinski definition) is 6. The minimum Gasteiger partial charge on any atom is -0.486 e. The molecule has 1 aromatic carbocycles. The number of benzene rings is 1. The van der Waals surface area contributed by atoms with E-state index in [4.69, 9.17) is 9.47 Å². The molecule has 0 radical (unpaired) electrons. The van der Waals surface area contributed by atoms with E-state index in [0.717, 1.165) is 17.1 Å². The van der Waals surface area contributed by atoms with Gasteiger partial charge in [-0.2, -0.15) is 0 Å². The summed E-state index contributed by atoms with van der Waals surface area (Å²) in [6.07, 6.45) is 5.69. The number of ether oxygens (including phenoxy) is 2. The van der Waals surface area contributed by atoms with Crippen LogP contribution in [-0.2, 0) is 6.54 Å². The van der Waals surface area contributed by atoms with Crippen molar-refractivity contribution in [3.8, 4) is 11.5 Å². The van der Waals surface area contributed by atoms with Crippen molar-refractivity contribution in [3.63, 3.8) is 0 Å². The summed E-state index contributed by atoms with van der Waals surface area (Å²) < 4.78 is 11.6. The van der Waals surface area contributed by atoms with Gasteiger partial charge >= 0.3 is 0 Å². The van der Waals surface area contributed by atoms with Gasteiger partial charge in [0.25, 0.3) is 5.91 Å². The molecule has 0 unspecified atom stereocenters. The zero-order valence-electron chi connectivity index (χ0n) is 15.9. The number of nitrogens with zero attached hydrogens (tertiary/aromatic N) is 2. The molecule has 1 atom stereocenters. The number of fused-ring (bicyclic) bond motifs is 1. The van der Waals surface area contributed by atoms with Crippen molar-refractivity contribution in [2.24, 2.45) is 0 Å². The molecule has 1 aliphatic rings. The van der Waals surface area contributed by atoms with Crippen LogP contribution in [0.3, 0.4) is 0 Å². The second kappa shape index (κ2) is 9.05. The van der Waals surface area contributed by atoms with Crippen LogP contribution in [0.25, 0.3) is 0 Å². The molecule has 7 nitrogen and oxygen atoms in total. The fraction of sp³-hybridized carbons (Fsp3) is 0.227. The lowest BCUT2D eigenvalue weighted by molar-refractivity contribution is 0.0812. The topological polar surface area (TPSA) is 85.4 Å². The zero-order valence-corrected chi connectivity index (χ0v) is 15.9. The van der Waals surface area contributed by atoms with E-state index in [0.29, 0.717) is 37.5 Å². The molecule has 7 heteroatoms. The molecule has 4 rings (SSSR count). The van der Waals surface area contributed by atoms with Crippen molar-refractivity contribution in [1.82, 2.24) is 15.3 Å². The molecule has 148 valence electrons. The number of hydrogen-bond donors (Lipinski definition) is 2. The lowest BCUT2D eigenvalue weighted by Gasteiger charge is -2.26. The Morgan fingerprint density at radius 1 is 1.07 bits per heavy atom. The van der Waals surface area contributed by atoms with Crippen molar-refractivity contribution in [1.29, 1.82) is 0 Å². The number of pyridine rings is 2. The van der Waals surface area contributed by atoms with Crippen molar-refractivity contribution in [3.05, 3.63) is 78.2 Å². The lowest BCUT2D eigenvalue weighted by atomic mass is 10.2. The van der Waals surface area contributed by atoms with Gasteiger partial charge in [-0.05, 0) is 35.9 Å². The smallest absolute Gasteiger partial charge is 0.252 e. The summed E-state index contributed by atoms with van der Waals surface area (Å²) in [6, 6.07) is 15.0. The highest BCUT2D eigenvalue weighted by atomic mass is 16.6. The summed E-state index contributed by atoms with van der Waals surface area (Å²) in [5, 5.41) is 6.11. The first-order chi connectivity index (χ1) is 14.3. The Morgan fingerprint density at radius 3 is 2.76 bits per heavy atom. The largest absolute Gasteiger partial charge is 0.486 e. The van der Waals surface area contributed by atoms with Crippen LogP contribution >= 0.6 is 0 Å². The highest BCUT2D eigenvalue weighted by molar-refractivity contribution is 5.94. The molecule has 3 aromatic rings. The number of anilines is 1. The number of para-hydroxylation sites is 2. The third kappa shape index (κ3) is 5.01. The van der Waals surface area contributed by atoms with E-state index >= 15 is 0 Å². The van der Waals surface area contributed by atoms with Crippen LogP contribution in [0.15, 0.2) is 67.1 Å². The average molecular weight is 390 g/mol. The van der Waals surface area contributed by atoms with Crippen LogP contribution in [0.5, 0.6) is 11.5 Å². The molecule has 0 aliphatic carbocycles. The maximum Gasteiger partial charge on any atom is 0.252 e. The van der Waals surface area contributed by atoms with Gasteiger partial charge in [-0.25, -0.2) is 4.98 Å². The van der Waals surface area contributed by atoms with Gasteiger partial charge in [0.05, 0.1) is 5.56 Å². The van der Waals surface area contributed by atoms with Crippen LogP contribution in [0, 0.1) is 0 Å². The average Bonchev–Trinajstić information content (AvgIpc) is 2.78. The van der Waals surface area contributed by atoms with Crippen LogP contribution in [0.2, 0.25) is 0 Å². The fourth-order valence-electron chi connectivity index (χ4n) is 2.98. The molecule has 29 heavy (non-hydrogen) atoms. The maximum absolute atomic E-state index is 12.3. The van der Waals surface area contributed by atoms with E-state index in [1.54, 1.807) is 30.7 Å². The Hall–Kier alpha value is -3.61. The Balaban J connectivity index is 1.22. The summed E-state index contributed by atoms with van der Waals surface area (Å²) in [5.74, 6) is 2.05. The number of aromatic nitrogens is 2. The SMILES string of the molecule is O=C(NCC[C@@H]1COc2ccccc2O1)c1ccc(NCc2cccnc2)nc1. The molecule has 0 fully saturated rings. The monoisotopic (exact) mass is 390 g/mol. The number of carbonyl (C=O) groups excluding carboxylic acids is 1. The summed E-state index contributed by atoms with van der Waals surface area (Å²) in [4.78, 5) is 20.7. The van der Waals surface area contributed by atoms with Gasteiger partial charge in [0.1, 0.15) is 18.5 Å². The normalized spacial score (nSPS) is 14.8. The van der Waals surface area contributed by atoms with Gasteiger partial charge < -0.3 is 20.1 Å². The number of amides is 1. The third-order valence-electron chi connectivity index (χ3n) is 4.54. The van der Waals surface area contributed by atoms with Gasteiger partial charge in [0, 0.05) is 38.1 Å². The van der Waals surface area contributed by atoms with Crippen molar-refractivity contribution < 1.29 is 14.3 Å². The van der Waals surface area contributed by atoms with Gasteiger partial charge in [-0.15, -0.1) is 0 Å². The number of rotatable bonds is 7. The first-order valence-electron chi connectivity index (χ1n) is 9.53. The first-order valence-corrected chi connectivity index (χ1v) is 9.53. The molecule has 0 saturated carbocycles. The minimum absolute atomic E-state index is 0.0811. The van der Waals surface area contributed by atoms with E-state index in [1.165, 1.54) is 0 Å². The van der Waals surface area contributed by atoms with Crippen molar-refractivity contribution in [2.45, 2.75) is 19.1 Å². The minimum atomic E-state index is -0.159. The molecule has 0 spiro atoms. The van der Waals surface area contributed by atoms with Crippen molar-refractivity contribution >= 4 is 11.7 Å². The van der Waals surface area contributed by atoms with Gasteiger partial charge in [-0.1, -0.05) is 18.2 Å². The second-order valence-electron chi connectivity index (χ2n) is 6.69. The molecular weight excluding hydrogens is 368 g/mol. The second-order valence-corrected chi connectivity index (χ2v) is 6.69. The predicted molar refractivity (Wildman–Crippen MR) is 109 cm³/mol. The van der Waals surface area contributed by atoms with E-state index in [9.17, 15) is 4.79 Å². The van der Waals surface area contributed by atoms with E-state index < -0.39 is 0 Å². The van der Waals surface area contributed by atoms with E-state index in [1.807, 2.05) is 36.4 Å². The molecule has 1 aliphatic heterocycles. The van der Waals surface area contributed by atoms with Crippen LogP contribution in [-0.4, -0.2) is 35.1 Å². The summed E-state index contributed by atoms with van der Waals surface area (Å²) in [5.41, 5.74) is 1.58. The zero-order chi connectivity index (χ0) is 19.9. The molecular formula is C22H22N4O3. The molecule has 3 heterocycles. The first kappa shape index (κ1) is 18.7. The van der Waals surface area contributed by atoms with Gasteiger partial charge in [-0.3, -0.25) is 9.78 Å². The fourth-order valence-corrected chi connectivity index (χ4v) is 2.98. The third-order valence-corrected chi connectivity index (χ3v) is 4.54. The van der Waals surface area contributed by atoms with Crippen LogP contribution < -0.4 is 20.1 Å². The summed E-state index contributed by atoms with van der Waals surface area (Å²) in [6.45, 7) is 1.60. The Bertz CT molecular complexity index is 948. The van der Waals surface area contributed by atoms with E-state index in [2.05, 4.69) is 20.6 Å².